The van der Waals surface area contributed by atoms with E-state index in [1.54, 1.807) is 17.0 Å². The van der Waals surface area contributed by atoms with Gasteiger partial charge in [-0.25, -0.2) is 14.3 Å². The van der Waals surface area contributed by atoms with E-state index in [4.69, 9.17) is 4.74 Å². The van der Waals surface area contributed by atoms with Crippen molar-refractivity contribution in [2.24, 2.45) is 5.92 Å². The molecule has 4 rings (SSSR count). The van der Waals surface area contributed by atoms with Gasteiger partial charge >= 0.3 is 6.09 Å². The number of hydrogen-bond acceptors (Lipinski definition) is 7. The molecule has 1 aromatic carbocycles. The van der Waals surface area contributed by atoms with Crippen LogP contribution in [0, 0.1) is 17.2 Å². The average molecular weight is 509 g/mol. The number of benzene rings is 1. The maximum Gasteiger partial charge on any atom is 0.408 e. The molecule has 1 saturated carbocycles. The van der Waals surface area contributed by atoms with Crippen molar-refractivity contribution in [3.63, 3.8) is 0 Å². The lowest BCUT2D eigenvalue weighted by molar-refractivity contribution is 0.0508. The molecule has 0 bridgehead atoms. The van der Waals surface area contributed by atoms with E-state index in [1.165, 1.54) is 12.8 Å². The highest BCUT2D eigenvalue weighted by Gasteiger charge is 2.24. The zero-order valence-corrected chi connectivity index (χ0v) is 22.1. The van der Waals surface area contributed by atoms with Crippen LogP contribution in [0.4, 0.5) is 16.3 Å². The van der Waals surface area contributed by atoms with Gasteiger partial charge in [-0.15, -0.1) is 0 Å². The fourth-order valence-corrected chi connectivity index (χ4v) is 4.78. The monoisotopic (exact) mass is 508 g/mol. The Morgan fingerprint density at radius 1 is 1.33 bits per heavy atom. The van der Waals surface area contributed by atoms with Crippen LogP contribution in [-0.2, 0) is 27.7 Å². The number of hydrogen-bond donors (Lipinski definition) is 2. The molecule has 36 heavy (non-hydrogen) atoms. The Balaban J connectivity index is 1.62. The molecule has 2 N–H and O–H groups in total. The third-order valence-electron chi connectivity index (χ3n) is 5.83. The minimum Gasteiger partial charge on any atom is -0.444 e. The Kier molecular flexibility index (Phi) is 7.31. The van der Waals surface area contributed by atoms with Crippen LogP contribution in [0.5, 0.6) is 0 Å². The number of carbonyl (C=O) groups excluding carboxylic acids is 1. The SMILES string of the molecule is CC(NC(=O)OC(C)(C)C)c1ccc(Nc2cc(CC3CC3)n3ncc(C#N)c3n2)cc1CS(C)=O. The van der Waals surface area contributed by atoms with Gasteiger partial charge in [0, 0.05) is 40.3 Å². The summed E-state index contributed by atoms with van der Waals surface area (Å²) in [7, 11) is -1.08. The molecule has 2 unspecified atom stereocenters. The smallest absolute Gasteiger partial charge is 0.408 e. The Morgan fingerprint density at radius 3 is 2.72 bits per heavy atom. The van der Waals surface area contributed by atoms with Crippen molar-refractivity contribution in [2.45, 2.75) is 64.4 Å². The number of nitriles is 1. The van der Waals surface area contributed by atoms with Gasteiger partial charge in [0.2, 0.25) is 0 Å². The quantitative estimate of drug-likeness (QED) is 0.450. The molecule has 3 aromatic rings. The lowest BCUT2D eigenvalue weighted by atomic mass is 10.0. The molecule has 1 fully saturated rings. The van der Waals surface area contributed by atoms with E-state index in [9.17, 15) is 14.3 Å². The zero-order chi connectivity index (χ0) is 26.0. The van der Waals surface area contributed by atoms with Crippen molar-refractivity contribution in [2.75, 3.05) is 11.6 Å². The third kappa shape index (κ3) is 6.40. The lowest BCUT2D eigenvalue weighted by Crippen LogP contribution is -2.34. The van der Waals surface area contributed by atoms with E-state index >= 15 is 0 Å². The van der Waals surface area contributed by atoms with Gasteiger partial charge in [-0.2, -0.15) is 10.4 Å². The summed E-state index contributed by atoms with van der Waals surface area (Å²) in [6.45, 7) is 7.31. The van der Waals surface area contributed by atoms with Crippen molar-refractivity contribution < 1.29 is 13.7 Å². The molecule has 1 amide bonds. The molecule has 2 atom stereocenters. The number of fused-ring (bicyclic) bond motifs is 1. The van der Waals surface area contributed by atoms with Gasteiger partial charge in [-0.1, -0.05) is 6.07 Å². The average Bonchev–Trinajstić information content (AvgIpc) is 3.48. The summed E-state index contributed by atoms with van der Waals surface area (Å²) in [6.07, 6.45) is 5.98. The van der Waals surface area contributed by atoms with E-state index in [0.717, 1.165) is 28.9 Å². The molecule has 0 saturated heterocycles. The van der Waals surface area contributed by atoms with Crippen LogP contribution in [0.15, 0.2) is 30.5 Å². The van der Waals surface area contributed by atoms with Crippen molar-refractivity contribution in [3.8, 4) is 6.07 Å². The third-order valence-corrected chi connectivity index (χ3v) is 6.55. The Labute approximate surface area is 213 Å². The first-order valence-electron chi connectivity index (χ1n) is 12.0. The summed E-state index contributed by atoms with van der Waals surface area (Å²) in [4.78, 5) is 16.9. The molecule has 1 aliphatic carbocycles. The lowest BCUT2D eigenvalue weighted by Gasteiger charge is -2.23. The fraction of sp³-hybridized carbons (Fsp3) is 0.462. The second-order valence-corrected chi connectivity index (χ2v) is 11.7. The summed E-state index contributed by atoms with van der Waals surface area (Å²) in [5, 5.41) is 20.1. The largest absolute Gasteiger partial charge is 0.444 e. The van der Waals surface area contributed by atoms with E-state index in [2.05, 4.69) is 26.8 Å². The molecule has 9 nitrogen and oxygen atoms in total. The van der Waals surface area contributed by atoms with Crippen LogP contribution in [-0.4, -0.2) is 36.8 Å². The predicted molar refractivity (Wildman–Crippen MR) is 139 cm³/mol. The molecule has 0 radical (unpaired) electrons. The summed E-state index contributed by atoms with van der Waals surface area (Å²) >= 11 is 0. The Hall–Kier alpha value is -3.45. The number of carbonyl (C=O) groups is 1. The molecule has 190 valence electrons. The number of ether oxygens (including phenoxy) is 1. The summed E-state index contributed by atoms with van der Waals surface area (Å²) in [5.74, 6) is 1.60. The van der Waals surface area contributed by atoms with Crippen LogP contribution in [0.25, 0.3) is 5.65 Å². The summed E-state index contributed by atoms with van der Waals surface area (Å²) in [6, 6.07) is 9.54. The second kappa shape index (κ2) is 10.3. The zero-order valence-electron chi connectivity index (χ0n) is 21.3. The Bertz CT molecular complexity index is 1350. The number of amides is 1. The van der Waals surface area contributed by atoms with Gasteiger partial charge in [-0.05, 0) is 76.1 Å². The molecule has 0 aliphatic heterocycles. The summed E-state index contributed by atoms with van der Waals surface area (Å²) in [5.41, 5.74) is 3.85. The number of anilines is 2. The van der Waals surface area contributed by atoms with E-state index < -0.39 is 22.5 Å². The molecule has 0 spiro atoms. The highest BCUT2D eigenvalue weighted by Crippen LogP contribution is 2.33. The Morgan fingerprint density at radius 2 is 2.08 bits per heavy atom. The molecule has 2 heterocycles. The van der Waals surface area contributed by atoms with Crippen molar-refractivity contribution >= 4 is 34.0 Å². The van der Waals surface area contributed by atoms with Crippen molar-refractivity contribution in [3.05, 3.63) is 52.8 Å². The van der Waals surface area contributed by atoms with Crippen LogP contribution in [0.1, 0.15) is 69.0 Å². The first-order chi connectivity index (χ1) is 17.0. The van der Waals surface area contributed by atoms with Gasteiger partial charge in [0.05, 0.1) is 12.2 Å². The summed E-state index contributed by atoms with van der Waals surface area (Å²) < 4.78 is 19.3. The van der Waals surface area contributed by atoms with Gasteiger partial charge in [0.1, 0.15) is 23.1 Å². The predicted octanol–water partition coefficient (Wildman–Crippen LogP) is 4.76. The minimum absolute atomic E-state index is 0.336. The maximum absolute atomic E-state index is 12.3. The molecule has 1 aliphatic rings. The minimum atomic E-state index is -1.08. The van der Waals surface area contributed by atoms with E-state index in [0.29, 0.717) is 28.7 Å². The first-order valence-corrected chi connectivity index (χ1v) is 13.7. The number of rotatable bonds is 8. The molecular weight excluding hydrogens is 476 g/mol. The highest BCUT2D eigenvalue weighted by atomic mass is 32.2. The van der Waals surface area contributed by atoms with Crippen molar-refractivity contribution in [1.82, 2.24) is 19.9 Å². The van der Waals surface area contributed by atoms with Gasteiger partial charge in [-0.3, -0.25) is 4.21 Å². The molecular formula is C26H32N6O3S. The highest BCUT2D eigenvalue weighted by molar-refractivity contribution is 7.83. The topological polar surface area (TPSA) is 121 Å². The second-order valence-electron chi connectivity index (χ2n) is 10.3. The number of nitrogens with zero attached hydrogens (tertiary/aromatic N) is 4. The maximum atomic E-state index is 12.3. The van der Waals surface area contributed by atoms with Gasteiger partial charge in [0.15, 0.2) is 5.65 Å². The van der Waals surface area contributed by atoms with Crippen LogP contribution >= 0.6 is 0 Å². The standard InChI is InChI=1S/C26H32N6O3S/c1-16(29-25(33)35-26(2,3)4)22-9-8-20(11-18(22)15-36(5)34)30-23-12-21(10-17-6-7-17)32-24(31-23)19(13-27)14-28-32/h8-9,11-12,14,16-17H,6-7,10,15H2,1-5H3,(H,29,33)(H,30,31). The van der Waals surface area contributed by atoms with E-state index in [-0.39, 0.29) is 6.04 Å². The fourth-order valence-electron chi connectivity index (χ4n) is 4.09. The number of aromatic nitrogens is 3. The number of nitrogens with one attached hydrogen (secondary N) is 2. The normalized spacial score (nSPS) is 15.2. The van der Waals surface area contributed by atoms with Crippen LogP contribution in [0.2, 0.25) is 0 Å². The first kappa shape index (κ1) is 25.6. The van der Waals surface area contributed by atoms with Gasteiger partial charge in [0.25, 0.3) is 0 Å². The molecule has 2 aromatic heterocycles. The van der Waals surface area contributed by atoms with Crippen LogP contribution < -0.4 is 10.6 Å². The van der Waals surface area contributed by atoms with Gasteiger partial charge < -0.3 is 15.4 Å². The van der Waals surface area contributed by atoms with Crippen LogP contribution in [0.3, 0.4) is 0 Å². The molecule has 10 heteroatoms. The van der Waals surface area contributed by atoms with Crippen molar-refractivity contribution in [1.29, 1.82) is 5.26 Å². The number of alkyl carbamates (subject to hydrolysis) is 1. The van der Waals surface area contributed by atoms with E-state index in [1.807, 2.05) is 52.0 Å².